The maximum absolute atomic E-state index is 13.0. The lowest BCUT2D eigenvalue weighted by Crippen LogP contribution is -2.23. The third kappa shape index (κ3) is 3.44. The summed E-state index contributed by atoms with van der Waals surface area (Å²) in [5, 5.41) is 6.78. The molecule has 1 aliphatic carbocycles. The van der Waals surface area contributed by atoms with Crippen LogP contribution >= 0.6 is 11.6 Å². The number of halogens is 4. The number of rotatable bonds is 5. The topological polar surface area (TPSA) is 38.1 Å². The van der Waals surface area contributed by atoms with Crippen LogP contribution in [0, 0.1) is 5.92 Å². The normalized spacial score (nSPS) is 16.7. The second kappa shape index (κ2) is 5.93. The molecule has 0 spiro atoms. The molecule has 22 heavy (non-hydrogen) atoms. The second-order valence-corrected chi connectivity index (χ2v) is 5.83. The summed E-state index contributed by atoms with van der Waals surface area (Å²) in [5.74, 6) is 0.342. The number of hydrogen-bond donors (Lipinski definition) is 1. The Morgan fingerprint density at radius 3 is 2.68 bits per heavy atom. The Morgan fingerprint density at radius 1 is 1.32 bits per heavy atom. The molecule has 1 aromatic heterocycles. The minimum absolute atomic E-state index is 0.143. The van der Waals surface area contributed by atoms with Crippen LogP contribution in [0.4, 0.5) is 13.2 Å². The Hall–Kier alpha value is -1.53. The quantitative estimate of drug-likeness (QED) is 0.871. The van der Waals surface area contributed by atoms with Crippen molar-refractivity contribution in [2.45, 2.75) is 31.6 Å². The summed E-state index contributed by atoms with van der Waals surface area (Å²) in [5.41, 5.74) is 0.527. The Labute approximate surface area is 130 Å². The zero-order valence-electron chi connectivity index (χ0n) is 11.5. The fourth-order valence-electron chi connectivity index (χ4n) is 2.48. The Balaban J connectivity index is 1.82. The first kappa shape index (κ1) is 15.4. The number of alkyl halides is 3. The molecule has 0 radical (unpaired) electrons. The molecule has 1 aliphatic rings. The van der Waals surface area contributed by atoms with Crippen LogP contribution in [0.25, 0.3) is 0 Å². The van der Waals surface area contributed by atoms with Gasteiger partial charge in [-0.15, -0.1) is 0 Å². The van der Waals surface area contributed by atoms with E-state index in [1.807, 2.05) is 0 Å². The third-order valence-electron chi connectivity index (χ3n) is 3.74. The van der Waals surface area contributed by atoms with Crippen molar-refractivity contribution in [3.8, 4) is 0 Å². The predicted molar refractivity (Wildman–Crippen MR) is 75.3 cm³/mol. The van der Waals surface area contributed by atoms with E-state index in [1.165, 1.54) is 12.3 Å². The molecule has 3 rings (SSSR count). The number of aromatic nitrogens is 1. The van der Waals surface area contributed by atoms with Crippen molar-refractivity contribution in [3.63, 3.8) is 0 Å². The maximum atomic E-state index is 13.0. The summed E-state index contributed by atoms with van der Waals surface area (Å²) in [6, 6.07) is 5.68. The van der Waals surface area contributed by atoms with Gasteiger partial charge in [-0.2, -0.15) is 13.2 Å². The minimum atomic E-state index is -4.45. The van der Waals surface area contributed by atoms with Gasteiger partial charge in [-0.05, 0) is 36.5 Å². The van der Waals surface area contributed by atoms with Gasteiger partial charge in [-0.25, -0.2) is 0 Å². The van der Waals surface area contributed by atoms with Gasteiger partial charge in [-0.3, -0.25) is 0 Å². The van der Waals surface area contributed by atoms with E-state index in [9.17, 15) is 13.2 Å². The van der Waals surface area contributed by atoms with Gasteiger partial charge in [0.25, 0.3) is 0 Å². The first-order chi connectivity index (χ1) is 10.4. The van der Waals surface area contributed by atoms with Crippen LogP contribution in [-0.2, 0) is 12.7 Å². The standard InChI is InChI=1S/C15H14ClF3N2O/c16-13-4-3-10(7-12(13)15(17,18)19)14(9-1-2-9)20-8-11-5-6-22-21-11/h3-7,9,14,20H,1-2,8H2/t14-/m1/s1. The van der Waals surface area contributed by atoms with Crippen LogP contribution < -0.4 is 5.32 Å². The molecule has 0 aliphatic heterocycles. The van der Waals surface area contributed by atoms with Gasteiger partial charge in [0.15, 0.2) is 0 Å². The van der Waals surface area contributed by atoms with E-state index >= 15 is 0 Å². The summed E-state index contributed by atoms with van der Waals surface area (Å²) in [4.78, 5) is 0. The van der Waals surface area contributed by atoms with Crippen LogP contribution in [0.5, 0.6) is 0 Å². The highest BCUT2D eigenvalue weighted by molar-refractivity contribution is 6.31. The molecular formula is C15H14ClF3N2O. The van der Waals surface area contributed by atoms with Crippen molar-refractivity contribution in [3.05, 3.63) is 52.4 Å². The Kier molecular flexibility index (Phi) is 4.14. The van der Waals surface area contributed by atoms with Gasteiger partial charge in [0, 0.05) is 18.7 Å². The van der Waals surface area contributed by atoms with Gasteiger partial charge >= 0.3 is 6.18 Å². The van der Waals surface area contributed by atoms with E-state index < -0.39 is 11.7 Å². The lowest BCUT2D eigenvalue weighted by Gasteiger charge is -2.20. The van der Waals surface area contributed by atoms with E-state index in [0.717, 1.165) is 24.6 Å². The lowest BCUT2D eigenvalue weighted by atomic mass is 9.99. The highest BCUT2D eigenvalue weighted by atomic mass is 35.5. The summed E-state index contributed by atoms with van der Waals surface area (Å²) in [7, 11) is 0. The monoisotopic (exact) mass is 330 g/mol. The van der Waals surface area contributed by atoms with Crippen LogP contribution in [0.1, 0.15) is 35.7 Å². The molecule has 0 saturated heterocycles. The smallest absolute Gasteiger partial charge is 0.364 e. The van der Waals surface area contributed by atoms with Crippen molar-refractivity contribution >= 4 is 11.6 Å². The average Bonchev–Trinajstić information content (AvgIpc) is 3.15. The SMILES string of the molecule is FC(F)(F)c1cc([C@H](NCc2ccon2)C2CC2)ccc1Cl. The molecule has 3 nitrogen and oxygen atoms in total. The zero-order valence-corrected chi connectivity index (χ0v) is 12.3. The van der Waals surface area contributed by atoms with Crippen LogP contribution in [-0.4, -0.2) is 5.16 Å². The number of nitrogens with one attached hydrogen (secondary N) is 1. The molecule has 1 atom stereocenters. The van der Waals surface area contributed by atoms with Gasteiger partial charge in [0.1, 0.15) is 6.26 Å². The molecule has 1 N–H and O–H groups in total. The van der Waals surface area contributed by atoms with Crippen molar-refractivity contribution in [1.82, 2.24) is 10.5 Å². The molecule has 1 aromatic carbocycles. The van der Waals surface area contributed by atoms with Crippen molar-refractivity contribution < 1.29 is 17.7 Å². The zero-order chi connectivity index (χ0) is 15.7. The Morgan fingerprint density at radius 2 is 2.09 bits per heavy atom. The van der Waals surface area contributed by atoms with Crippen molar-refractivity contribution in [1.29, 1.82) is 0 Å². The molecule has 2 aromatic rings. The maximum Gasteiger partial charge on any atom is 0.417 e. The van der Waals surface area contributed by atoms with E-state index in [0.29, 0.717) is 18.0 Å². The Bertz CT molecular complexity index is 639. The molecule has 1 saturated carbocycles. The van der Waals surface area contributed by atoms with Crippen LogP contribution in [0.2, 0.25) is 5.02 Å². The predicted octanol–water partition coefficient (Wildman–Crippen LogP) is 4.59. The lowest BCUT2D eigenvalue weighted by molar-refractivity contribution is -0.137. The van der Waals surface area contributed by atoms with Crippen LogP contribution in [0.15, 0.2) is 35.1 Å². The molecular weight excluding hydrogens is 317 g/mol. The number of nitrogens with zero attached hydrogens (tertiary/aromatic N) is 1. The fraction of sp³-hybridized carbons (Fsp3) is 0.400. The highest BCUT2D eigenvalue weighted by Crippen LogP contribution is 2.43. The molecule has 0 amide bonds. The van der Waals surface area contributed by atoms with Crippen molar-refractivity contribution in [2.24, 2.45) is 5.92 Å². The highest BCUT2D eigenvalue weighted by Gasteiger charge is 2.36. The van der Waals surface area contributed by atoms with Gasteiger partial charge < -0.3 is 9.84 Å². The van der Waals surface area contributed by atoms with Gasteiger partial charge in [0.05, 0.1) is 16.3 Å². The first-order valence-electron chi connectivity index (χ1n) is 6.94. The van der Waals surface area contributed by atoms with Crippen molar-refractivity contribution in [2.75, 3.05) is 0 Å². The first-order valence-corrected chi connectivity index (χ1v) is 7.32. The molecule has 0 bridgehead atoms. The number of benzene rings is 1. The second-order valence-electron chi connectivity index (χ2n) is 5.42. The van der Waals surface area contributed by atoms with Crippen LogP contribution in [0.3, 0.4) is 0 Å². The van der Waals surface area contributed by atoms with E-state index in [4.69, 9.17) is 16.1 Å². The van der Waals surface area contributed by atoms with Gasteiger partial charge in [-0.1, -0.05) is 22.8 Å². The molecule has 0 unspecified atom stereocenters. The third-order valence-corrected chi connectivity index (χ3v) is 4.07. The molecule has 1 heterocycles. The van der Waals surface area contributed by atoms with E-state index in [2.05, 4.69) is 10.5 Å². The van der Waals surface area contributed by atoms with E-state index in [1.54, 1.807) is 12.1 Å². The largest absolute Gasteiger partial charge is 0.417 e. The number of hydrogen-bond acceptors (Lipinski definition) is 3. The molecule has 118 valence electrons. The average molecular weight is 331 g/mol. The summed E-state index contributed by atoms with van der Waals surface area (Å²) in [6.45, 7) is 0.446. The molecule has 1 fully saturated rings. The molecule has 7 heteroatoms. The fourth-order valence-corrected chi connectivity index (χ4v) is 2.71. The summed E-state index contributed by atoms with van der Waals surface area (Å²) in [6.07, 6.45) is -0.985. The van der Waals surface area contributed by atoms with E-state index in [-0.39, 0.29) is 11.1 Å². The van der Waals surface area contributed by atoms with Gasteiger partial charge in [0.2, 0.25) is 0 Å². The summed E-state index contributed by atoms with van der Waals surface area (Å²) >= 11 is 5.68. The summed E-state index contributed by atoms with van der Waals surface area (Å²) < 4.78 is 43.7. The minimum Gasteiger partial charge on any atom is -0.364 e.